The van der Waals surface area contributed by atoms with Gasteiger partial charge in [0.25, 0.3) is 0 Å². The van der Waals surface area contributed by atoms with E-state index in [1.807, 2.05) is 19.1 Å². The molecule has 4 aromatic rings. The highest BCUT2D eigenvalue weighted by atomic mass is 16.5. The van der Waals surface area contributed by atoms with E-state index >= 15 is 0 Å². The molecule has 0 aliphatic heterocycles. The van der Waals surface area contributed by atoms with Crippen LogP contribution in [-0.2, 0) is 11.2 Å². The molecule has 0 saturated heterocycles. The molecule has 0 atom stereocenters. The Hall–Kier alpha value is -3.91. The first-order valence-corrected chi connectivity index (χ1v) is 12.7. The molecule has 0 bridgehead atoms. The molecule has 1 aliphatic rings. The van der Waals surface area contributed by atoms with Gasteiger partial charge in [0.15, 0.2) is 11.3 Å². The van der Waals surface area contributed by atoms with Crippen molar-refractivity contribution in [1.82, 2.24) is 10.3 Å². The zero-order chi connectivity index (χ0) is 25.8. The highest BCUT2D eigenvalue weighted by Crippen LogP contribution is 2.31. The molecule has 8 nitrogen and oxygen atoms in total. The van der Waals surface area contributed by atoms with Crippen LogP contribution in [0.25, 0.3) is 21.9 Å². The third kappa shape index (κ3) is 5.75. The molecule has 2 aromatic carbocycles. The van der Waals surface area contributed by atoms with Crippen molar-refractivity contribution in [1.29, 1.82) is 0 Å². The summed E-state index contributed by atoms with van der Waals surface area (Å²) in [4.78, 5) is 29.7. The van der Waals surface area contributed by atoms with Crippen LogP contribution in [0.5, 0.6) is 17.2 Å². The Morgan fingerprint density at radius 2 is 1.92 bits per heavy atom. The minimum absolute atomic E-state index is 0.0688. The first-order chi connectivity index (χ1) is 18.0. The normalized spacial score (nSPS) is 13.8. The lowest BCUT2D eigenvalue weighted by atomic mass is 10.1. The number of hydrogen-bond acceptors (Lipinski definition) is 7. The number of aromatic nitrogens is 1. The number of benzene rings is 2. The number of aliphatic hydroxyl groups excluding tert-OH is 1. The van der Waals surface area contributed by atoms with E-state index in [0.717, 1.165) is 24.1 Å². The molecule has 0 unspecified atom stereocenters. The molecule has 192 valence electrons. The lowest BCUT2D eigenvalue weighted by molar-refractivity contribution is -0.121. The van der Waals surface area contributed by atoms with Crippen molar-refractivity contribution < 1.29 is 23.8 Å². The Morgan fingerprint density at radius 3 is 2.68 bits per heavy atom. The first kappa shape index (κ1) is 24.8. The predicted molar refractivity (Wildman–Crippen MR) is 140 cm³/mol. The molecule has 2 aromatic heterocycles. The highest BCUT2D eigenvalue weighted by molar-refractivity contribution is 5.93. The lowest BCUT2D eigenvalue weighted by Crippen LogP contribution is -2.32. The molecule has 0 radical (unpaired) electrons. The summed E-state index contributed by atoms with van der Waals surface area (Å²) >= 11 is 0. The molecule has 2 N–H and O–H groups in total. The maximum atomic E-state index is 13.1. The standard InChI is InChI=1S/C29H30N2O6/c1-18-14-24-28(34)23-10-9-21(16-25(23)37-29(24)26(15-18)35-13-12-32)36-22-8-6-19(30-17-22)7-11-27(33)31-20-4-2-3-5-20/h6,8-10,14-17,20,32H,2-5,7,11-13H2,1H3,(H,31,33). The number of fused-ring (bicyclic) bond motifs is 2. The quantitative estimate of drug-likeness (QED) is 0.316. The predicted octanol–water partition coefficient (Wildman–Crippen LogP) is 4.80. The van der Waals surface area contributed by atoms with Gasteiger partial charge in [-0.2, -0.15) is 0 Å². The van der Waals surface area contributed by atoms with Crippen LogP contribution in [0, 0.1) is 6.92 Å². The number of nitrogens with one attached hydrogen (secondary N) is 1. The van der Waals surface area contributed by atoms with Crippen molar-refractivity contribution in [3.63, 3.8) is 0 Å². The maximum Gasteiger partial charge on any atom is 0.220 e. The number of nitrogens with zero attached hydrogens (tertiary/aromatic N) is 1. The van der Waals surface area contributed by atoms with Gasteiger partial charge in [0.05, 0.1) is 23.6 Å². The topological polar surface area (TPSA) is 111 Å². The van der Waals surface area contributed by atoms with Gasteiger partial charge in [0, 0.05) is 24.2 Å². The number of amides is 1. The van der Waals surface area contributed by atoms with Crippen LogP contribution in [0.1, 0.15) is 43.4 Å². The minimum atomic E-state index is -0.164. The van der Waals surface area contributed by atoms with Gasteiger partial charge >= 0.3 is 0 Å². The van der Waals surface area contributed by atoms with Crippen molar-refractivity contribution in [3.8, 4) is 17.2 Å². The van der Waals surface area contributed by atoms with E-state index in [9.17, 15) is 9.59 Å². The van der Waals surface area contributed by atoms with Crippen molar-refractivity contribution in [2.75, 3.05) is 13.2 Å². The van der Waals surface area contributed by atoms with E-state index in [1.165, 1.54) is 12.8 Å². The van der Waals surface area contributed by atoms with E-state index in [0.29, 0.717) is 58.1 Å². The van der Waals surface area contributed by atoms with Crippen LogP contribution >= 0.6 is 0 Å². The molecule has 0 spiro atoms. The van der Waals surface area contributed by atoms with Gasteiger partial charge in [-0.1, -0.05) is 12.8 Å². The molecule has 2 heterocycles. The molecular formula is C29H30N2O6. The number of rotatable bonds is 9. The van der Waals surface area contributed by atoms with Gasteiger partial charge in [0.2, 0.25) is 11.3 Å². The Balaban J connectivity index is 1.30. The first-order valence-electron chi connectivity index (χ1n) is 12.7. The molecule has 1 fully saturated rings. The third-order valence-electron chi connectivity index (χ3n) is 6.56. The third-order valence-corrected chi connectivity index (χ3v) is 6.56. The summed E-state index contributed by atoms with van der Waals surface area (Å²) in [5.74, 6) is 1.50. The SMILES string of the molecule is Cc1cc(OCCO)c2oc3cc(Oc4ccc(CCC(=O)NC5CCCC5)nc4)ccc3c(=O)c2c1. The van der Waals surface area contributed by atoms with Gasteiger partial charge in [-0.3, -0.25) is 14.6 Å². The molecule has 8 heteroatoms. The molecule has 5 rings (SSSR count). The highest BCUT2D eigenvalue weighted by Gasteiger charge is 2.17. The lowest BCUT2D eigenvalue weighted by Gasteiger charge is -2.12. The van der Waals surface area contributed by atoms with Crippen LogP contribution in [0.4, 0.5) is 0 Å². The molecule has 37 heavy (non-hydrogen) atoms. The van der Waals surface area contributed by atoms with Crippen LogP contribution in [0.3, 0.4) is 0 Å². The van der Waals surface area contributed by atoms with E-state index < -0.39 is 0 Å². The summed E-state index contributed by atoms with van der Waals surface area (Å²) in [6, 6.07) is 12.6. The number of carbonyl (C=O) groups excluding carboxylic acids is 1. The van der Waals surface area contributed by atoms with E-state index in [1.54, 1.807) is 36.5 Å². The second kappa shape index (κ2) is 11.0. The number of ether oxygens (including phenoxy) is 2. The summed E-state index contributed by atoms with van der Waals surface area (Å²) < 4.78 is 17.6. The van der Waals surface area contributed by atoms with Crippen LogP contribution < -0.4 is 20.2 Å². The number of hydrogen-bond donors (Lipinski definition) is 2. The van der Waals surface area contributed by atoms with Gasteiger partial charge in [-0.15, -0.1) is 0 Å². The average Bonchev–Trinajstić information content (AvgIpc) is 3.40. The number of aryl methyl sites for hydroxylation is 2. The number of carbonyl (C=O) groups is 1. The fraction of sp³-hybridized carbons (Fsp3) is 0.345. The van der Waals surface area contributed by atoms with Crippen LogP contribution in [0.2, 0.25) is 0 Å². The summed E-state index contributed by atoms with van der Waals surface area (Å²) in [5.41, 5.74) is 2.21. The van der Waals surface area contributed by atoms with E-state index in [2.05, 4.69) is 10.3 Å². The Kier molecular flexibility index (Phi) is 7.37. The zero-order valence-corrected chi connectivity index (χ0v) is 20.8. The number of aliphatic hydroxyl groups is 1. The van der Waals surface area contributed by atoms with Crippen molar-refractivity contribution in [2.24, 2.45) is 0 Å². The van der Waals surface area contributed by atoms with Gasteiger partial charge < -0.3 is 24.3 Å². The van der Waals surface area contributed by atoms with Crippen molar-refractivity contribution >= 4 is 27.8 Å². The summed E-state index contributed by atoms with van der Waals surface area (Å²) in [6.45, 7) is 1.82. The van der Waals surface area contributed by atoms with Crippen molar-refractivity contribution in [2.45, 2.75) is 51.5 Å². The fourth-order valence-corrected chi connectivity index (χ4v) is 4.74. The van der Waals surface area contributed by atoms with Crippen LogP contribution in [0.15, 0.2) is 57.9 Å². The summed E-state index contributed by atoms with van der Waals surface area (Å²) in [6.07, 6.45) is 7.11. The Labute approximate surface area is 214 Å². The smallest absolute Gasteiger partial charge is 0.220 e. The largest absolute Gasteiger partial charge is 0.487 e. The maximum absolute atomic E-state index is 13.1. The van der Waals surface area contributed by atoms with Gasteiger partial charge in [0.1, 0.15) is 23.7 Å². The molecule has 1 amide bonds. The second-order valence-corrected chi connectivity index (χ2v) is 9.44. The molecule has 1 saturated carbocycles. The average molecular weight is 503 g/mol. The fourth-order valence-electron chi connectivity index (χ4n) is 4.74. The summed E-state index contributed by atoms with van der Waals surface area (Å²) in [5, 5.41) is 13.1. The molecular weight excluding hydrogens is 472 g/mol. The monoisotopic (exact) mass is 502 g/mol. The Bertz CT molecular complexity index is 1470. The van der Waals surface area contributed by atoms with Gasteiger partial charge in [-0.05, 0) is 68.1 Å². The second-order valence-electron chi connectivity index (χ2n) is 9.44. The number of pyridine rings is 1. The van der Waals surface area contributed by atoms with Gasteiger partial charge in [-0.25, -0.2) is 0 Å². The van der Waals surface area contributed by atoms with E-state index in [-0.39, 0.29) is 24.5 Å². The Morgan fingerprint density at radius 1 is 1.11 bits per heavy atom. The van der Waals surface area contributed by atoms with E-state index in [4.69, 9.17) is 19.0 Å². The van der Waals surface area contributed by atoms with Crippen molar-refractivity contribution in [3.05, 3.63) is 70.1 Å². The summed E-state index contributed by atoms with van der Waals surface area (Å²) in [7, 11) is 0. The van der Waals surface area contributed by atoms with Crippen LogP contribution in [-0.4, -0.2) is 35.3 Å². The molecule has 1 aliphatic carbocycles. The zero-order valence-electron chi connectivity index (χ0n) is 20.8. The minimum Gasteiger partial charge on any atom is -0.487 e.